The van der Waals surface area contributed by atoms with Crippen LogP contribution in [0.2, 0.25) is 5.02 Å². The predicted octanol–water partition coefficient (Wildman–Crippen LogP) is 4.22. The van der Waals surface area contributed by atoms with Gasteiger partial charge in [0, 0.05) is 15.8 Å². The van der Waals surface area contributed by atoms with Crippen molar-refractivity contribution in [1.82, 2.24) is 0 Å². The first-order valence-electron chi connectivity index (χ1n) is 6.68. The summed E-state index contributed by atoms with van der Waals surface area (Å²) in [5.41, 5.74) is 0. The van der Waals surface area contributed by atoms with Crippen molar-refractivity contribution in [1.29, 1.82) is 0 Å². The maximum Gasteiger partial charge on any atom is 0.344 e. The normalized spacial score (nSPS) is 10.5. The Kier molecular flexibility index (Phi) is 5.24. The zero-order valence-electron chi connectivity index (χ0n) is 11.4. The summed E-state index contributed by atoms with van der Waals surface area (Å²) < 4.78 is 10.6. The lowest BCUT2D eigenvalue weighted by Gasteiger charge is -2.10. The van der Waals surface area contributed by atoms with E-state index in [0.717, 1.165) is 23.6 Å². The molecule has 0 heterocycles. The zero-order chi connectivity index (χ0) is 14.4. The molecule has 0 spiro atoms. The minimum Gasteiger partial charge on any atom is -0.481 e. The second-order valence-electron chi connectivity index (χ2n) is 4.45. The molecular formula is C16H17ClO3. The van der Waals surface area contributed by atoms with Crippen LogP contribution in [0.25, 0.3) is 10.8 Å². The van der Waals surface area contributed by atoms with Gasteiger partial charge in [0.2, 0.25) is 0 Å². The molecule has 0 unspecified atom stereocenters. The first-order chi connectivity index (χ1) is 9.72. The van der Waals surface area contributed by atoms with E-state index in [2.05, 4.69) is 0 Å². The molecule has 3 nitrogen and oxygen atoms in total. The Morgan fingerprint density at radius 1 is 1.15 bits per heavy atom. The minimum atomic E-state index is -0.350. The third-order valence-corrected chi connectivity index (χ3v) is 3.27. The van der Waals surface area contributed by atoms with Gasteiger partial charge >= 0.3 is 5.97 Å². The Morgan fingerprint density at radius 2 is 1.90 bits per heavy atom. The molecule has 4 heteroatoms. The van der Waals surface area contributed by atoms with Gasteiger partial charge < -0.3 is 9.47 Å². The smallest absolute Gasteiger partial charge is 0.344 e. The Hall–Kier alpha value is -1.74. The molecule has 2 rings (SSSR count). The van der Waals surface area contributed by atoms with E-state index in [1.807, 2.05) is 31.2 Å². The topological polar surface area (TPSA) is 35.5 Å². The Morgan fingerprint density at radius 3 is 2.65 bits per heavy atom. The number of ether oxygens (including phenoxy) is 2. The number of esters is 1. The summed E-state index contributed by atoms with van der Waals surface area (Å²) >= 11 is 6.13. The summed E-state index contributed by atoms with van der Waals surface area (Å²) in [6, 6.07) is 11.2. The molecule has 0 aliphatic rings. The fourth-order valence-electron chi connectivity index (χ4n) is 1.87. The van der Waals surface area contributed by atoms with E-state index in [1.165, 1.54) is 0 Å². The van der Waals surface area contributed by atoms with Crippen LogP contribution in [0, 0.1) is 0 Å². The van der Waals surface area contributed by atoms with E-state index in [-0.39, 0.29) is 12.6 Å². The van der Waals surface area contributed by atoms with Crippen LogP contribution in [-0.4, -0.2) is 19.2 Å². The molecule has 0 N–H and O–H groups in total. The Labute approximate surface area is 123 Å². The van der Waals surface area contributed by atoms with E-state index in [4.69, 9.17) is 21.1 Å². The van der Waals surface area contributed by atoms with Gasteiger partial charge in [0.15, 0.2) is 6.61 Å². The number of carbonyl (C=O) groups excluding carboxylic acids is 1. The highest BCUT2D eigenvalue weighted by atomic mass is 35.5. The van der Waals surface area contributed by atoms with Crippen molar-refractivity contribution >= 4 is 28.3 Å². The van der Waals surface area contributed by atoms with Crippen molar-refractivity contribution < 1.29 is 14.3 Å². The van der Waals surface area contributed by atoms with Crippen LogP contribution in [0.4, 0.5) is 0 Å². The molecule has 0 aromatic heterocycles. The molecule has 106 valence electrons. The molecule has 0 aliphatic heterocycles. The first kappa shape index (κ1) is 14.7. The van der Waals surface area contributed by atoms with Crippen molar-refractivity contribution in [2.24, 2.45) is 0 Å². The molecule has 0 radical (unpaired) electrons. The summed E-state index contributed by atoms with van der Waals surface area (Å²) in [4.78, 5) is 11.5. The van der Waals surface area contributed by atoms with Crippen LogP contribution in [0.3, 0.4) is 0 Å². The van der Waals surface area contributed by atoms with Gasteiger partial charge in [-0.15, -0.1) is 0 Å². The quantitative estimate of drug-likeness (QED) is 0.591. The fraction of sp³-hybridized carbons (Fsp3) is 0.312. The third kappa shape index (κ3) is 3.64. The summed E-state index contributed by atoms with van der Waals surface area (Å²) in [5, 5.41) is 2.46. The molecule has 20 heavy (non-hydrogen) atoms. The van der Waals surface area contributed by atoms with Crippen LogP contribution < -0.4 is 4.74 Å². The number of hydrogen-bond donors (Lipinski definition) is 0. The highest BCUT2D eigenvalue weighted by molar-refractivity contribution is 6.35. The predicted molar refractivity (Wildman–Crippen MR) is 80.3 cm³/mol. The third-order valence-electron chi connectivity index (χ3n) is 2.94. The zero-order valence-corrected chi connectivity index (χ0v) is 12.2. The summed E-state index contributed by atoms with van der Waals surface area (Å²) in [7, 11) is 0. The number of carbonyl (C=O) groups is 1. The van der Waals surface area contributed by atoms with Crippen molar-refractivity contribution in [3.05, 3.63) is 41.4 Å². The fourth-order valence-corrected chi connectivity index (χ4v) is 2.10. The highest BCUT2D eigenvalue weighted by Gasteiger charge is 2.08. The molecule has 0 amide bonds. The summed E-state index contributed by atoms with van der Waals surface area (Å²) in [5.74, 6) is 0.287. The molecule has 0 aliphatic carbocycles. The SMILES string of the molecule is CCCCOC(=O)COc1ccc(Cl)c2ccccc12. The van der Waals surface area contributed by atoms with E-state index >= 15 is 0 Å². The lowest BCUT2D eigenvalue weighted by Crippen LogP contribution is -2.15. The Balaban J connectivity index is 2.03. The van der Waals surface area contributed by atoms with Crippen molar-refractivity contribution in [2.75, 3.05) is 13.2 Å². The van der Waals surface area contributed by atoms with Gasteiger partial charge in [-0.2, -0.15) is 0 Å². The number of halogens is 1. The molecular weight excluding hydrogens is 276 g/mol. The van der Waals surface area contributed by atoms with Crippen LogP contribution >= 0.6 is 11.6 Å². The van der Waals surface area contributed by atoms with Crippen LogP contribution in [0.5, 0.6) is 5.75 Å². The lowest BCUT2D eigenvalue weighted by molar-refractivity contribution is -0.146. The number of fused-ring (bicyclic) bond motifs is 1. The number of rotatable bonds is 6. The van der Waals surface area contributed by atoms with Gasteiger partial charge in [0.1, 0.15) is 5.75 Å². The van der Waals surface area contributed by atoms with Crippen molar-refractivity contribution in [3.8, 4) is 5.75 Å². The largest absolute Gasteiger partial charge is 0.481 e. The van der Waals surface area contributed by atoms with E-state index < -0.39 is 0 Å². The van der Waals surface area contributed by atoms with Gasteiger partial charge in [0.25, 0.3) is 0 Å². The van der Waals surface area contributed by atoms with Gasteiger partial charge in [-0.05, 0) is 18.6 Å². The molecule has 0 saturated heterocycles. The number of benzene rings is 2. The van der Waals surface area contributed by atoms with Crippen LogP contribution in [0.15, 0.2) is 36.4 Å². The molecule has 0 fully saturated rings. The summed E-state index contributed by atoms with van der Waals surface area (Å²) in [6.45, 7) is 2.40. The highest BCUT2D eigenvalue weighted by Crippen LogP contribution is 2.31. The molecule has 0 bridgehead atoms. The average molecular weight is 293 g/mol. The average Bonchev–Trinajstić information content (AvgIpc) is 2.47. The number of unbranched alkanes of at least 4 members (excludes halogenated alkanes) is 1. The second kappa shape index (κ2) is 7.15. The maximum absolute atomic E-state index is 11.5. The Bertz CT molecular complexity index is 595. The van der Waals surface area contributed by atoms with Gasteiger partial charge in [-0.25, -0.2) is 4.79 Å². The summed E-state index contributed by atoms with van der Waals surface area (Å²) in [6.07, 6.45) is 1.87. The van der Waals surface area contributed by atoms with E-state index in [0.29, 0.717) is 17.4 Å². The standard InChI is InChI=1S/C16H17ClO3/c1-2-3-10-19-16(18)11-20-15-9-8-14(17)12-6-4-5-7-13(12)15/h4-9H,2-3,10-11H2,1H3. The van der Waals surface area contributed by atoms with Crippen molar-refractivity contribution in [2.45, 2.75) is 19.8 Å². The van der Waals surface area contributed by atoms with Crippen molar-refractivity contribution in [3.63, 3.8) is 0 Å². The monoisotopic (exact) mass is 292 g/mol. The minimum absolute atomic E-state index is 0.0880. The van der Waals surface area contributed by atoms with E-state index in [1.54, 1.807) is 12.1 Å². The van der Waals surface area contributed by atoms with Crippen LogP contribution in [0.1, 0.15) is 19.8 Å². The molecule has 2 aromatic carbocycles. The maximum atomic E-state index is 11.5. The van der Waals surface area contributed by atoms with Gasteiger partial charge in [-0.3, -0.25) is 0 Å². The van der Waals surface area contributed by atoms with Gasteiger partial charge in [-0.1, -0.05) is 49.2 Å². The van der Waals surface area contributed by atoms with Crippen LogP contribution in [-0.2, 0) is 9.53 Å². The second-order valence-corrected chi connectivity index (χ2v) is 4.86. The lowest BCUT2D eigenvalue weighted by atomic mass is 10.1. The first-order valence-corrected chi connectivity index (χ1v) is 7.06. The molecule has 2 aromatic rings. The van der Waals surface area contributed by atoms with Gasteiger partial charge in [0.05, 0.1) is 6.61 Å². The molecule has 0 atom stereocenters. The van der Waals surface area contributed by atoms with E-state index in [9.17, 15) is 4.79 Å². The number of hydrogen-bond acceptors (Lipinski definition) is 3. The molecule has 0 saturated carbocycles.